The van der Waals surface area contributed by atoms with E-state index in [4.69, 9.17) is 16.2 Å². The number of amides is 1. The molecule has 4 N–H and O–H groups in total. The van der Waals surface area contributed by atoms with Crippen molar-refractivity contribution in [1.82, 2.24) is 4.98 Å². The zero-order chi connectivity index (χ0) is 15.4. The Kier molecular flexibility index (Phi) is 4.18. The minimum absolute atomic E-state index is 0.0494. The summed E-state index contributed by atoms with van der Waals surface area (Å²) in [7, 11) is 0. The highest BCUT2D eigenvalue weighted by molar-refractivity contribution is 5.94. The first-order chi connectivity index (χ1) is 9.99. The molecule has 0 fully saturated rings. The van der Waals surface area contributed by atoms with E-state index < -0.39 is 11.9 Å². The van der Waals surface area contributed by atoms with Crippen molar-refractivity contribution in [3.05, 3.63) is 58.9 Å². The number of hydrogen-bond acceptors (Lipinski definition) is 5. The molecule has 2 aromatic rings. The van der Waals surface area contributed by atoms with Crippen LogP contribution >= 0.6 is 0 Å². The van der Waals surface area contributed by atoms with Crippen LogP contribution in [0.5, 0.6) is 0 Å². The van der Waals surface area contributed by atoms with E-state index in [0.29, 0.717) is 28.1 Å². The molecule has 0 bridgehead atoms. The van der Waals surface area contributed by atoms with Gasteiger partial charge in [0.05, 0.1) is 23.1 Å². The molecule has 1 aromatic carbocycles. The summed E-state index contributed by atoms with van der Waals surface area (Å²) in [6.07, 6.45) is 1.47. The molecule has 0 aliphatic carbocycles. The number of aryl methyl sites for hydroxylation is 1. The molecule has 0 unspecified atom stereocenters. The van der Waals surface area contributed by atoms with Gasteiger partial charge in [0.25, 0.3) is 0 Å². The summed E-state index contributed by atoms with van der Waals surface area (Å²) in [5.41, 5.74) is 13.0. The average Bonchev–Trinajstić information content (AvgIpc) is 2.47. The van der Waals surface area contributed by atoms with Crippen LogP contribution in [0.25, 0.3) is 0 Å². The fourth-order valence-corrected chi connectivity index (χ4v) is 1.86. The second kappa shape index (κ2) is 6.04. The molecular weight excluding hydrogens is 270 g/mol. The van der Waals surface area contributed by atoms with Crippen molar-refractivity contribution in [2.45, 2.75) is 13.5 Å². The predicted octanol–water partition coefficient (Wildman–Crippen LogP) is 1.43. The summed E-state index contributed by atoms with van der Waals surface area (Å²) in [5, 5.41) is 0. The molecular formula is C15H15N3O3. The fourth-order valence-electron chi connectivity index (χ4n) is 1.86. The molecule has 6 nitrogen and oxygen atoms in total. The van der Waals surface area contributed by atoms with Gasteiger partial charge in [0.15, 0.2) is 0 Å². The van der Waals surface area contributed by atoms with Crippen LogP contribution in [0.4, 0.5) is 5.69 Å². The quantitative estimate of drug-likeness (QED) is 0.826. The van der Waals surface area contributed by atoms with E-state index in [9.17, 15) is 9.59 Å². The normalized spacial score (nSPS) is 10.1. The largest absolute Gasteiger partial charge is 0.457 e. The monoisotopic (exact) mass is 285 g/mol. The maximum atomic E-state index is 12.0. The van der Waals surface area contributed by atoms with Gasteiger partial charge in [-0.1, -0.05) is 18.2 Å². The third-order valence-corrected chi connectivity index (χ3v) is 2.97. The summed E-state index contributed by atoms with van der Waals surface area (Å²) in [6, 6.07) is 8.20. The Hall–Kier alpha value is -2.89. The number of rotatable bonds is 4. The van der Waals surface area contributed by atoms with Crippen LogP contribution in [0, 0.1) is 6.92 Å². The number of nitrogen functional groups attached to an aromatic ring is 1. The number of carbonyl (C=O) groups is 2. The third-order valence-electron chi connectivity index (χ3n) is 2.97. The first-order valence-electron chi connectivity index (χ1n) is 6.26. The van der Waals surface area contributed by atoms with Crippen molar-refractivity contribution in [3.63, 3.8) is 0 Å². The molecule has 21 heavy (non-hydrogen) atoms. The van der Waals surface area contributed by atoms with Crippen molar-refractivity contribution in [1.29, 1.82) is 0 Å². The Balaban J connectivity index is 2.15. The van der Waals surface area contributed by atoms with Crippen molar-refractivity contribution in [2.24, 2.45) is 5.73 Å². The Morgan fingerprint density at radius 3 is 2.67 bits per heavy atom. The van der Waals surface area contributed by atoms with E-state index in [1.54, 1.807) is 31.2 Å². The summed E-state index contributed by atoms with van der Waals surface area (Å²) >= 11 is 0. The molecule has 1 aromatic heterocycles. The zero-order valence-corrected chi connectivity index (χ0v) is 11.5. The number of primary amides is 1. The molecule has 0 aliphatic rings. The highest BCUT2D eigenvalue weighted by Crippen LogP contribution is 2.14. The zero-order valence-electron chi connectivity index (χ0n) is 11.5. The van der Waals surface area contributed by atoms with Crippen LogP contribution in [0.1, 0.15) is 32.0 Å². The van der Waals surface area contributed by atoms with Crippen molar-refractivity contribution in [2.75, 3.05) is 5.73 Å². The summed E-state index contributed by atoms with van der Waals surface area (Å²) < 4.78 is 5.20. The summed E-state index contributed by atoms with van der Waals surface area (Å²) in [6.45, 7) is 1.64. The van der Waals surface area contributed by atoms with Crippen molar-refractivity contribution in [3.8, 4) is 0 Å². The van der Waals surface area contributed by atoms with Gasteiger partial charge in [-0.3, -0.25) is 9.78 Å². The number of carbonyl (C=O) groups excluding carboxylic acids is 2. The van der Waals surface area contributed by atoms with Crippen LogP contribution in [-0.2, 0) is 11.3 Å². The van der Waals surface area contributed by atoms with Gasteiger partial charge in [0.2, 0.25) is 5.91 Å². The van der Waals surface area contributed by atoms with Gasteiger partial charge < -0.3 is 16.2 Å². The van der Waals surface area contributed by atoms with Gasteiger partial charge >= 0.3 is 5.97 Å². The molecule has 0 saturated heterocycles. The van der Waals surface area contributed by atoms with Crippen LogP contribution in [0.15, 0.2) is 36.5 Å². The lowest BCUT2D eigenvalue weighted by atomic mass is 10.1. The summed E-state index contributed by atoms with van der Waals surface area (Å²) in [5.74, 6) is -1.12. The van der Waals surface area contributed by atoms with E-state index in [1.165, 1.54) is 12.3 Å². The van der Waals surface area contributed by atoms with E-state index >= 15 is 0 Å². The minimum Gasteiger partial charge on any atom is -0.457 e. The molecule has 0 radical (unpaired) electrons. The van der Waals surface area contributed by atoms with Crippen LogP contribution < -0.4 is 11.5 Å². The van der Waals surface area contributed by atoms with Crippen LogP contribution in [0.3, 0.4) is 0 Å². The Morgan fingerprint density at radius 2 is 1.95 bits per heavy atom. The van der Waals surface area contributed by atoms with E-state index in [1.807, 2.05) is 0 Å². The summed E-state index contributed by atoms with van der Waals surface area (Å²) in [4.78, 5) is 27.3. The predicted molar refractivity (Wildman–Crippen MR) is 77.5 cm³/mol. The second-order valence-electron chi connectivity index (χ2n) is 4.50. The van der Waals surface area contributed by atoms with E-state index in [-0.39, 0.29) is 6.61 Å². The average molecular weight is 285 g/mol. The molecule has 0 spiro atoms. The standard InChI is InChI=1S/C15H15N3O3/c1-9-13(6-11(16)7-18-9)15(20)21-8-10-4-2-3-5-12(10)14(17)19/h2-7H,8,16H2,1H3,(H2,17,19). The van der Waals surface area contributed by atoms with Crippen LogP contribution in [0.2, 0.25) is 0 Å². The molecule has 0 atom stereocenters. The van der Waals surface area contributed by atoms with Gasteiger partial charge in [0.1, 0.15) is 6.61 Å². The smallest absolute Gasteiger partial charge is 0.340 e. The SMILES string of the molecule is Cc1ncc(N)cc1C(=O)OCc1ccccc1C(N)=O. The lowest BCUT2D eigenvalue weighted by molar-refractivity contribution is 0.0469. The maximum Gasteiger partial charge on any atom is 0.340 e. The molecule has 2 rings (SSSR count). The molecule has 1 heterocycles. The molecule has 0 saturated carbocycles. The van der Waals surface area contributed by atoms with E-state index in [2.05, 4.69) is 4.98 Å². The number of nitrogens with zero attached hydrogens (tertiary/aromatic N) is 1. The molecule has 108 valence electrons. The third kappa shape index (κ3) is 3.36. The van der Waals surface area contributed by atoms with Crippen molar-refractivity contribution < 1.29 is 14.3 Å². The molecule has 1 amide bonds. The minimum atomic E-state index is -0.566. The first-order valence-corrected chi connectivity index (χ1v) is 6.26. The lowest BCUT2D eigenvalue weighted by Crippen LogP contribution is -2.15. The highest BCUT2D eigenvalue weighted by atomic mass is 16.5. The number of hydrogen-bond donors (Lipinski definition) is 2. The number of anilines is 1. The Labute approximate surface area is 121 Å². The van der Waals surface area contributed by atoms with Gasteiger partial charge in [-0.05, 0) is 19.1 Å². The fraction of sp³-hybridized carbons (Fsp3) is 0.133. The number of benzene rings is 1. The number of esters is 1. The van der Waals surface area contributed by atoms with E-state index in [0.717, 1.165) is 0 Å². The van der Waals surface area contributed by atoms with Gasteiger partial charge in [-0.2, -0.15) is 0 Å². The van der Waals surface area contributed by atoms with Gasteiger partial charge in [0, 0.05) is 11.1 Å². The number of pyridine rings is 1. The lowest BCUT2D eigenvalue weighted by Gasteiger charge is -2.09. The molecule has 6 heteroatoms. The second-order valence-corrected chi connectivity index (χ2v) is 4.50. The highest BCUT2D eigenvalue weighted by Gasteiger charge is 2.14. The van der Waals surface area contributed by atoms with Crippen LogP contribution in [-0.4, -0.2) is 16.9 Å². The Morgan fingerprint density at radius 1 is 1.24 bits per heavy atom. The topological polar surface area (TPSA) is 108 Å². The first kappa shape index (κ1) is 14.5. The van der Waals surface area contributed by atoms with Gasteiger partial charge in [-0.25, -0.2) is 4.79 Å². The van der Waals surface area contributed by atoms with Crippen molar-refractivity contribution >= 4 is 17.6 Å². The Bertz CT molecular complexity index is 698. The number of nitrogens with two attached hydrogens (primary N) is 2. The number of aromatic nitrogens is 1. The van der Waals surface area contributed by atoms with Gasteiger partial charge in [-0.15, -0.1) is 0 Å². The number of ether oxygens (including phenoxy) is 1. The maximum absolute atomic E-state index is 12.0. The molecule has 0 aliphatic heterocycles.